The SMILES string of the molecule is CCNc1nc(Cl)nc(NC(C)(C)C)n1.COC(=O)CSc1cc(N=c2sc(=O)n3n2CCCC3)c(F)cc1Cl.CP(=O)(O)CCC(N)C(=O)O. The Bertz CT molecular complexity index is 1830. The molecule has 3 heterocycles. The molecule has 6 N–H and O–H groups in total. The summed E-state index contributed by atoms with van der Waals surface area (Å²) in [5.74, 6) is -1.09. The van der Waals surface area contributed by atoms with E-state index >= 15 is 0 Å². The zero-order valence-electron chi connectivity index (χ0n) is 29.0. The number of rotatable bonds is 11. The molecule has 1 aliphatic heterocycles. The molecule has 4 rings (SSSR count). The van der Waals surface area contributed by atoms with Gasteiger partial charge in [-0.25, -0.2) is 14.1 Å². The third-order valence-electron chi connectivity index (χ3n) is 6.28. The van der Waals surface area contributed by atoms with Gasteiger partial charge in [0.1, 0.15) is 17.5 Å². The highest BCUT2D eigenvalue weighted by Crippen LogP contribution is 2.36. The maximum absolute atomic E-state index is 14.3. The Hall–Kier alpha value is -3.06. The fraction of sp³-hybridized carbons (Fsp3) is 0.552. The maximum Gasteiger partial charge on any atom is 0.325 e. The number of nitrogens with one attached hydrogen (secondary N) is 2. The molecule has 0 spiro atoms. The van der Waals surface area contributed by atoms with Gasteiger partial charge in [0.25, 0.3) is 0 Å². The van der Waals surface area contributed by atoms with E-state index in [-0.39, 0.29) is 44.7 Å². The second kappa shape index (κ2) is 20.3. The number of carbonyl (C=O) groups is 2. The van der Waals surface area contributed by atoms with Gasteiger partial charge in [-0.1, -0.05) is 11.6 Å². The number of carbonyl (C=O) groups excluding carboxylic acids is 1. The molecule has 0 amide bonds. The van der Waals surface area contributed by atoms with E-state index < -0.39 is 31.2 Å². The number of aliphatic carboxylic acids is 1. The number of hydrogen-bond donors (Lipinski definition) is 5. The zero-order chi connectivity index (χ0) is 38.5. The second-order valence-electron chi connectivity index (χ2n) is 12.0. The molecule has 284 valence electrons. The van der Waals surface area contributed by atoms with Crippen molar-refractivity contribution in [1.29, 1.82) is 0 Å². The number of ether oxygens (including phenoxy) is 1. The van der Waals surface area contributed by atoms with Gasteiger partial charge in [0.15, 0.2) is 7.37 Å². The Morgan fingerprint density at radius 2 is 1.82 bits per heavy atom. The molecule has 22 heteroatoms. The van der Waals surface area contributed by atoms with E-state index in [1.807, 2.05) is 27.7 Å². The minimum atomic E-state index is -3.10. The van der Waals surface area contributed by atoms with Gasteiger partial charge >= 0.3 is 16.8 Å². The first-order chi connectivity index (χ1) is 23.7. The normalized spacial score (nSPS) is 14.5. The molecule has 2 atom stereocenters. The highest BCUT2D eigenvalue weighted by atomic mass is 35.5. The first-order valence-electron chi connectivity index (χ1n) is 15.5. The first-order valence-corrected chi connectivity index (χ1v) is 20.3. The summed E-state index contributed by atoms with van der Waals surface area (Å²) in [6.45, 7) is 11.3. The maximum atomic E-state index is 14.3. The molecule has 0 bridgehead atoms. The monoisotopic (exact) mass is 813 g/mol. The Kier molecular flexibility index (Phi) is 17.5. The van der Waals surface area contributed by atoms with Crippen LogP contribution in [0.3, 0.4) is 0 Å². The fourth-order valence-corrected chi connectivity index (χ4v) is 6.82. The van der Waals surface area contributed by atoms with Gasteiger partial charge in [0, 0.05) is 42.9 Å². The molecule has 3 aromatic rings. The number of carboxylic acids is 1. The minimum absolute atomic E-state index is 0.0412. The van der Waals surface area contributed by atoms with Crippen LogP contribution >= 0.6 is 53.7 Å². The molecule has 0 saturated heterocycles. The van der Waals surface area contributed by atoms with E-state index in [0.29, 0.717) is 34.7 Å². The topological polar surface area (TPSA) is 229 Å². The van der Waals surface area contributed by atoms with Crippen molar-refractivity contribution in [3.63, 3.8) is 0 Å². The Labute approximate surface area is 312 Å². The number of methoxy groups -OCH3 is 1. The van der Waals surface area contributed by atoms with Gasteiger partial charge in [-0.3, -0.25) is 23.6 Å². The van der Waals surface area contributed by atoms with E-state index in [1.165, 1.54) is 19.8 Å². The highest BCUT2D eigenvalue weighted by molar-refractivity contribution is 8.00. The highest BCUT2D eigenvalue weighted by Gasteiger charge is 2.18. The van der Waals surface area contributed by atoms with E-state index in [0.717, 1.165) is 48.6 Å². The summed E-state index contributed by atoms with van der Waals surface area (Å²) in [6.07, 6.45) is 1.90. The average Bonchev–Trinajstić information content (AvgIpc) is 3.34. The molecule has 0 radical (unpaired) electrons. The van der Waals surface area contributed by atoms with Crippen LogP contribution < -0.4 is 26.0 Å². The average molecular weight is 815 g/mol. The van der Waals surface area contributed by atoms with Gasteiger partial charge in [0.05, 0.1) is 17.9 Å². The van der Waals surface area contributed by atoms with Crippen LogP contribution in [0.25, 0.3) is 0 Å². The van der Waals surface area contributed by atoms with Crippen molar-refractivity contribution in [3.8, 4) is 0 Å². The third kappa shape index (κ3) is 16.0. The minimum Gasteiger partial charge on any atom is -0.480 e. The van der Waals surface area contributed by atoms with Crippen molar-refractivity contribution in [2.45, 2.75) is 76.5 Å². The zero-order valence-corrected chi connectivity index (χ0v) is 33.0. The summed E-state index contributed by atoms with van der Waals surface area (Å²) in [5, 5.41) is 14.8. The van der Waals surface area contributed by atoms with Gasteiger partial charge in [-0.2, -0.15) is 15.0 Å². The summed E-state index contributed by atoms with van der Waals surface area (Å²) in [7, 11) is -1.81. The Balaban J connectivity index is 0.000000296. The molecular formula is C29H43Cl2FN9O7PS2. The van der Waals surface area contributed by atoms with Gasteiger partial charge in [-0.15, -0.1) is 11.8 Å². The van der Waals surface area contributed by atoms with E-state index in [2.05, 4.69) is 35.3 Å². The number of nitrogens with two attached hydrogens (primary N) is 1. The fourth-order valence-electron chi connectivity index (χ4n) is 3.91. The largest absolute Gasteiger partial charge is 0.480 e. The van der Waals surface area contributed by atoms with Crippen LogP contribution in [0.4, 0.5) is 22.0 Å². The molecular weight excluding hydrogens is 771 g/mol. The van der Waals surface area contributed by atoms with Crippen LogP contribution in [0.1, 0.15) is 47.0 Å². The van der Waals surface area contributed by atoms with Crippen LogP contribution in [0.2, 0.25) is 10.3 Å². The van der Waals surface area contributed by atoms with E-state index in [4.69, 9.17) is 38.9 Å². The molecule has 0 aliphatic carbocycles. The van der Waals surface area contributed by atoms with Crippen LogP contribution in [0.15, 0.2) is 26.8 Å². The molecule has 51 heavy (non-hydrogen) atoms. The number of benzene rings is 1. The number of aromatic nitrogens is 5. The van der Waals surface area contributed by atoms with Crippen LogP contribution in [-0.2, 0) is 32.0 Å². The number of anilines is 2. The van der Waals surface area contributed by atoms with E-state index in [9.17, 15) is 23.3 Å². The Morgan fingerprint density at radius 1 is 1.20 bits per heavy atom. The van der Waals surface area contributed by atoms with E-state index in [1.54, 1.807) is 9.36 Å². The number of nitrogens with zero attached hydrogens (tertiary/aromatic N) is 6. The Morgan fingerprint density at radius 3 is 2.39 bits per heavy atom. The number of carboxylic acid groups (broad SMARTS) is 1. The smallest absolute Gasteiger partial charge is 0.325 e. The van der Waals surface area contributed by atoms with Crippen molar-refractivity contribution in [2.24, 2.45) is 10.7 Å². The molecule has 1 aliphatic rings. The lowest BCUT2D eigenvalue weighted by atomic mass is 10.1. The standard InChI is InChI=1S/C15H15ClFN3O3S2.C9H16ClN5.C5H12NO4P/c1-23-13(21)8-24-12-7-11(10(17)6-9(12)16)18-14-19-4-2-3-5-20(19)15(22)25-14;1-5-11-7-12-6(10)13-8(14-7)15-9(2,3)4;1-11(9,10)3-2-4(6)5(7)8/h6-7H,2-5,8H2,1H3;5H2,1-4H3,(H2,11,12,13,14,15);4H,2-3,6H2,1H3,(H,7,8)(H,9,10). The molecule has 0 saturated carbocycles. The summed E-state index contributed by atoms with van der Waals surface area (Å²) in [4.78, 5) is 59.5. The number of hydrogen-bond acceptors (Lipinski definition) is 14. The molecule has 2 aromatic heterocycles. The molecule has 1 aromatic carbocycles. The summed E-state index contributed by atoms with van der Waals surface area (Å²) in [5.41, 5.74) is 5.07. The lowest BCUT2D eigenvalue weighted by Gasteiger charge is -2.20. The van der Waals surface area contributed by atoms with Gasteiger partial charge in [0.2, 0.25) is 22.0 Å². The van der Waals surface area contributed by atoms with Crippen molar-refractivity contribution >= 4 is 83.2 Å². The number of thioether (sulfide) groups is 1. The quantitative estimate of drug-likeness (QED) is 0.101. The first kappa shape index (κ1) is 44.1. The van der Waals surface area contributed by atoms with Crippen molar-refractivity contribution in [1.82, 2.24) is 24.3 Å². The summed E-state index contributed by atoms with van der Waals surface area (Å²) < 4.78 is 32.9. The number of fused-ring (bicyclic) bond motifs is 1. The lowest BCUT2D eigenvalue weighted by Crippen LogP contribution is -2.31. The molecule has 16 nitrogen and oxygen atoms in total. The molecule has 0 fully saturated rings. The summed E-state index contributed by atoms with van der Waals surface area (Å²) in [6, 6.07) is 1.61. The lowest BCUT2D eigenvalue weighted by molar-refractivity contribution is -0.139. The van der Waals surface area contributed by atoms with Crippen LogP contribution in [-0.4, -0.2) is 90.1 Å². The van der Waals surface area contributed by atoms with Gasteiger partial charge < -0.3 is 31.1 Å². The number of esters is 1. The summed E-state index contributed by atoms with van der Waals surface area (Å²) >= 11 is 13.9. The predicted octanol–water partition coefficient (Wildman–Crippen LogP) is 4.65. The second-order valence-corrected chi connectivity index (χ2v) is 17.2. The predicted molar refractivity (Wildman–Crippen MR) is 198 cm³/mol. The third-order valence-corrected chi connectivity index (χ3v) is 9.86. The molecule has 2 unspecified atom stereocenters. The number of halogens is 3. The van der Waals surface area contributed by atoms with Crippen molar-refractivity contribution in [2.75, 3.05) is 42.9 Å². The van der Waals surface area contributed by atoms with Crippen molar-refractivity contribution in [3.05, 3.63) is 42.7 Å². The van der Waals surface area contributed by atoms with Crippen molar-refractivity contribution < 1.29 is 33.3 Å². The van der Waals surface area contributed by atoms with Gasteiger partial charge in [-0.05, 0) is 82.0 Å². The van der Waals surface area contributed by atoms with Crippen LogP contribution in [0.5, 0.6) is 0 Å². The van der Waals surface area contributed by atoms with Crippen LogP contribution in [0, 0.1) is 5.82 Å².